The normalized spacial score (nSPS) is 12.8. The van der Waals surface area contributed by atoms with Crippen LogP contribution in [0, 0.1) is 11.3 Å². The molecule has 4 nitrogen and oxygen atoms in total. The van der Waals surface area contributed by atoms with Crippen LogP contribution in [-0.4, -0.2) is 18.9 Å². The van der Waals surface area contributed by atoms with Gasteiger partial charge in [-0.05, 0) is 17.7 Å². The largest absolute Gasteiger partial charge is 0.465 e. The Hall–Kier alpha value is -3.19. The highest BCUT2D eigenvalue weighted by Crippen LogP contribution is 2.37. The molecule has 2 aromatic carbocycles. The number of hydrogen-bond donors (Lipinski definition) is 0. The molecule has 0 saturated carbocycles. The Bertz CT molecular complexity index is 855. The molecule has 3 rings (SSSR count). The molecular weight excluding hydrogens is 278 g/mol. The average molecular weight is 289 g/mol. The summed E-state index contributed by atoms with van der Waals surface area (Å²) < 4.78 is 4.65. The van der Waals surface area contributed by atoms with Gasteiger partial charge in [-0.15, -0.1) is 0 Å². The van der Waals surface area contributed by atoms with Crippen LogP contribution in [-0.2, 0) is 4.74 Å². The number of hydrogen-bond acceptors (Lipinski definition) is 4. The summed E-state index contributed by atoms with van der Waals surface area (Å²) in [4.78, 5) is 24.0. The Balaban J connectivity index is 2.11. The maximum Gasteiger partial charge on any atom is 0.337 e. The van der Waals surface area contributed by atoms with Gasteiger partial charge in [-0.25, -0.2) is 4.79 Å². The predicted octanol–water partition coefficient (Wildman–Crippen LogP) is 3.10. The van der Waals surface area contributed by atoms with E-state index in [2.05, 4.69) is 10.8 Å². The summed E-state index contributed by atoms with van der Waals surface area (Å²) in [5, 5.41) is 9.41. The molecule has 0 N–H and O–H groups in total. The van der Waals surface area contributed by atoms with E-state index in [9.17, 15) is 14.9 Å². The number of rotatable bonds is 2. The van der Waals surface area contributed by atoms with Crippen LogP contribution >= 0.6 is 0 Å². The van der Waals surface area contributed by atoms with E-state index in [0.717, 1.165) is 0 Å². The molecule has 0 atom stereocenters. The molecule has 0 heterocycles. The van der Waals surface area contributed by atoms with Crippen molar-refractivity contribution in [1.82, 2.24) is 0 Å². The average Bonchev–Trinajstić information content (AvgIpc) is 2.87. The summed E-state index contributed by atoms with van der Waals surface area (Å²) in [6.45, 7) is 0. The molecule has 0 radical (unpaired) electrons. The highest BCUT2D eigenvalue weighted by Gasteiger charge is 2.30. The zero-order valence-electron chi connectivity index (χ0n) is 11.8. The molecule has 1 aliphatic carbocycles. The molecule has 0 saturated heterocycles. The number of methoxy groups -OCH3 is 1. The van der Waals surface area contributed by atoms with Crippen molar-refractivity contribution in [2.45, 2.75) is 0 Å². The number of ether oxygens (including phenoxy) is 1. The Kier molecular flexibility index (Phi) is 3.32. The quantitative estimate of drug-likeness (QED) is 0.797. The SMILES string of the molecule is COC(=O)c1ccc(C2=C(C#N)c3ccccc3C2=O)cc1. The summed E-state index contributed by atoms with van der Waals surface area (Å²) >= 11 is 0. The molecule has 0 aromatic heterocycles. The second-order valence-corrected chi connectivity index (χ2v) is 4.81. The summed E-state index contributed by atoms with van der Waals surface area (Å²) in [6, 6.07) is 15.6. The van der Waals surface area contributed by atoms with Crippen molar-refractivity contribution in [2.75, 3.05) is 7.11 Å². The zero-order chi connectivity index (χ0) is 15.7. The van der Waals surface area contributed by atoms with Gasteiger partial charge in [0.05, 0.1) is 18.2 Å². The van der Waals surface area contributed by atoms with Crippen molar-refractivity contribution in [3.05, 3.63) is 70.8 Å². The first-order valence-corrected chi connectivity index (χ1v) is 6.64. The number of carbonyl (C=O) groups excluding carboxylic acids is 2. The van der Waals surface area contributed by atoms with Gasteiger partial charge in [-0.3, -0.25) is 4.79 Å². The summed E-state index contributed by atoms with van der Waals surface area (Å²) in [5.41, 5.74) is 2.94. The number of ketones is 1. The number of Topliss-reactive ketones (excluding diaryl/α,β-unsaturated/α-hetero) is 1. The molecule has 0 fully saturated rings. The first kappa shape index (κ1) is 13.8. The molecule has 0 bridgehead atoms. The van der Waals surface area contributed by atoms with Crippen LogP contribution in [0.3, 0.4) is 0 Å². The third-order valence-electron chi connectivity index (χ3n) is 3.62. The van der Waals surface area contributed by atoms with E-state index in [1.807, 2.05) is 0 Å². The Morgan fingerprint density at radius 2 is 1.68 bits per heavy atom. The highest BCUT2D eigenvalue weighted by molar-refractivity contribution is 6.41. The molecule has 0 unspecified atom stereocenters. The van der Waals surface area contributed by atoms with Gasteiger partial charge in [-0.2, -0.15) is 5.26 Å². The van der Waals surface area contributed by atoms with Crippen molar-refractivity contribution in [3.8, 4) is 6.07 Å². The van der Waals surface area contributed by atoms with E-state index in [1.54, 1.807) is 48.5 Å². The van der Waals surface area contributed by atoms with Crippen LogP contribution in [0.2, 0.25) is 0 Å². The van der Waals surface area contributed by atoms with E-state index >= 15 is 0 Å². The number of carbonyl (C=O) groups is 2. The van der Waals surface area contributed by atoms with Crippen molar-refractivity contribution >= 4 is 22.9 Å². The lowest BCUT2D eigenvalue weighted by molar-refractivity contribution is 0.0600. The highest BCUT2D eigenvalue weighted by atomic mass is 16.5. The van der Waals surface area contributed by atoms with E-state index in [0.29, 0.717) is 33.4 Å². The van der Waals surface area contributed by atoms with Crippen LogP contribution in [0.25, 0.3) is 11.1 Å². The van der Waals surface area contributed by atoms with Gasteiger partial charge in [0.1, 0.15) is 6.07 Å². The zero-order valence-corrected chi connectivity index (χ0v) is 11.8. The Labute approximate surface area is 127 Å². The predicted molar refractivity (Wildman–Crippen MR) is 81.0 cm³/mol. The van der Waals surface area contributed by atoms with Gasteiger partial charge in [-0.1, -0.05) is 36.4 Å². The van der Waals surface area contributed by atoms with E-state index < -0.39 is 5.97 Å². The Morgan fingerprint density at radius 3 is 2.27 bits per heavy atom. The van der Waals surface area contributed by atoms with Gasteiger partial charge in [0, 0.05) is 16.7 Å². The van der Waals surface area contributed by atoms with Crippen molar-refractivity contribution < 1.29 is 14.3 Å². The number of nitriles is 1. The van der Waals surface area contributed by atoms with E-state index in [1.165, 1.54) is 7.11 Å². The van der Waals surface area contributed by atoms with Crippen molar-refractivity contribution in [3.63, 3.8) is 0 Å². The smallest absolute Gasteiger partial charge is 0.337 e. The minimum Gasteiger partial charge on any atom is -0.465 e. The number of esters is 1. The van der Waals surface area contributed by atoms with Crippen LogP contribution in [0.4, 0.5) is 0 Å². The number of allylic oxidation sites excluding steroid dienone is 2. The Morgan fingerprint density at radius 1 is 1.05 bits per heavy atom. The van der Waals surface area contributed by atoms with Crippen LogP contribution in [0.5, 0.6) is 0 Å². The van der Waals surface area contributed by atoms with Crippen molar-refractivity contribution in [1.29, 1.82) is 5.26 Å². The number of benzene rings is 2. The fraction of sp³-hybridized carbons (Fsp3) is 0.0556. The van der Waals surface area contributed by atoms with Gasteiger partial charge in [0.25, 0.3) is 0 Å². The lowest BCUT2D eigenvalue weighted by atomic mass is 9.99. The molecule has 2 aromatic rings. The monoisotopic (exact) mass is 289 g/mol. The molecule has 0 aliphatic heterocycles. The minimum atomic E-state index is -0.443. The van der Waals surface area contributed by atoms with Crippen LogP contribution in [0.1, 0.15) is 31.8 Å². The lowest BCUT2D eigenvalue weighted by Crippen LogP contribution is -2.02. The van der Waals surface area contributed by atoms with Gasteiger partial charge in [0.15, 0.2) is 5.78 Å². The molecule has 0 spiro atoms. The van der Waals surface area contributed by atoms with Gasteiger partial charge < -0.3 is 4.74 Å². The summed E-state index contributed by atoms with van der Waals surface area (Å²) in [7, 11) is 1.31. The van der Waals surface area contributed by atoms with Gasteiger partial charge in [0.2, 0.25) is 0 Å². The molecule has 0 amide bonds. The first-order valence-electron chi connectivity index (χ1n) is 6.64. The fourth-order valence-corrected chi connectivity index (χ4v) is 2.56. The third-order valence-corrected chi connectivity index (χ3v) is 3.62. The molecule has 106 valence electrons. The van der Waals surface area contributed by atoms with Gasteiger partial charge >= 0.3 is 5.97 Å². The summed E-state index contributed by atoms with van der Waals surface area (Å²) in [6.07, 6.45) is 0. The van der Waals surface area contributed by atoms with Crippen molar-refractivity contribution in [2.24, 2.45) is 0 Å². The number of nitrogens with zero attached hydrogens (tertiary/aromatic N) is 1. The van der Waals surface area contributed by atoms with Crippen LogP contribution in [0.15, 0.2) is 48.5 Å². The second-order valence-electron chi connectivity index (χ2n) is 4.81. The van der Waals surface area contributed by atoms with E-state index in [-0.39, 0.29) is 5.78 Å². The molecule has 1 aliphatic rings. The maximum absolute atomic E-state index is 12.5. The van der Waals surface area contributed by atoms with Crippen LogP contribution < -0.4 is 0 Å². The lowest BCUT2D eigenvalue weighted by Gasteiger charge is -2.04. The summed E-state index contributed by atoms with van der Waals surface area (Å²) in [5.74, 6) is -0.611. The molecule has 22 heavy (non-hydrogen) atoms. The molecular formula is C18H11NO3. The number of fused-ring (bicyclic) bond motifs is 1. The third kappa shape index (κ3) is 2.00. The van der Waals surface area contributed by atoms with E-state index in [4.69, 9.17) is 0 Å². The maximum atomic E-state index is 12.5. The topological polar surface area (TPSA) is 67.2 Å². The minimum absolute atomic E-state index is 0.169. The first-order chi connectivity index (χ1) is 10.7. The standard InChI is InChI=1S/C18H11NO3/c1-22-18(21)12-8-6-11(7-9-12)16-15(10-19)13-4-2-3-5-14(13)17(16)20/h2-9H,1H3. The molecule has 4 heteroatoms. The second kappa shape index (κ2) is 5.30. The fourth-order valence-electron chi connectivity index (χ4n) is 2.56.